The SMILES string of the molecule is C/C=C/C(=O)CC(C)=O. The van der Waals surface area contributed by atoms with E-state index in [-0.39, 0.29) is 18.0 Å². The maximum absolute atomic E-state index is 10.5. The topological polar surface area (TPSA) is 34.1 Å². The van der Waals surface area contributed by atoms with Gasteiger partial charge in [-0.2, -0.15) is 0 Å². The van der Waals surface area contributed by atoms with E-state index in [9.17, 15) is 9.59 Å². The minimum absolute atomic E-state index is 0.0321. The normalized spacial score (nSPS) is 10.0. The van der Waals surface area contributed by atoms with Crippen LogP contribution in [0.3, 0.4) is 0 Å². The molecule has 0 unspecified atom stereocenters. The first-order valence-corrected chi connectivity index (χ1v) is 2.81. The van der Waals surface area contributed by atoms with Gasteiger partial charge in [0.25, 0.3) is 0 Å². The Hall–Kier alpha value is -0.920. The van der Waals surface area contributed by atoms with E-state index < -0.39 is 0 Å². The summed E-state index contributed by atoms with van der Waals surface area (Å²) in [5, 5.41) is 0. The van der Waals surface area contributed by atoms with E-state index in [0.29, 0.717) is 0 Å². The highest BCUT2D eigenvalue weighted by Crippen LogP contribution is 1.85. The maximum atomic E-state index is 10.5. The van der Waals surface area contributed by atoms with Gasteiger partial charge in [-0.25, -0.2) is 0 Å². The minimum Gasteiger partial charge on any atom is -0.300 e. The summed E-state index contributed by atoms with van der Waals surface area (Å²) in [5.74, 6) is -0.205. The zero-order valence-electron chi connectivity index (χ0n) is 5.68. The van der Waals surface area contributed by atoms with Crippen molar-refractivity contribution in [3.8, 4) is 0 Å². The van der Waals surface area contributed by atoms with Crippen LogP contribution in [0, 0.1) is 0 Å². The molecule has 0 heterocycles. The molecular formula is C7H10O2. The molecule has 0 atom stereocenters. The van der Waals surface area contributed by atoms with E-state index in [1.807, 2.05) is 0 Å². The highest BCUT2D eigenvalue weighted by molar-refractivity contribution is 6.03. The molecule has 50 valence electrons. The second kappa shape index (κ2) is 4.01. The third-order valence-corrected chi connectivity index (χ3v) is 0.776. The second-order valence-corrected chi connectivity index (χ2v) is 1.85. The Bertz CT molecular complexity index is 145. The van der Waals surface area contributed by atoms with Gasteiger partial charge in [-0.05, 0) is 19.9 Å². The van der Waals surface area contributed by atoms with Gasteiger partial charge in [-0.3, -0.25) is 9.59 Å². The molecule has 0 N–H and O–H groups in total. The molecule has 0 aromatic rings. The van der Waals surface area contributed by atoms with Crippen LogP contribution < -0.4 is 0 Å². The average Bonchev–Trinajstić information content (AvgIpc) is 1.63. The Morgan fingerprint density at radius 2 is 2.00 bits per heavy atom. The van der Waals surface area contributed by atoms with Gasteiger partial charge < -0.3 is 0 Å². The Morgan fingerprint density at radius 1 is 1.44 bits per heavy atom. The van der Waals surface area contributed by atoms with Gasteiger partial charge in [-0.15, -0.1) is 0 Å². The van der Waals surface area contributed by atoms with Crippen LogP contribution in [0.4, 0.5) is 0 Å². The van der Waals surface area contributed by atoms with Crippen LogP contribution in [0.15, 0.2) is 12.2 Å². The van der Waals surface area contributed by atoms with Gasteiger partial charge in [0.1, 0.15) is 5.78 Å². The third kappa shape index (κ3) is 4.94. The van der Waals surface area contributed by atoms with Crippen LogP contribution in [-0.2, 0) is 9.59 Å². The summed E-state index contributed by atoms with van der Waals surface area (Å²) >= 11 is 0. The van der Waals surface area contributed by atoms with E-state index in [1.54, 1.807) is 13.0 Å². The van der Waals surface area contributed by atoms with E-state index >= 15 is 0 Å². The summed E-state index contributed by atoms with van der Waals surface area (Å²) < 4.78 is 0. The first kappa shape index (κ1) is 8.08. The van der Waals surface area contributed by atoms with Crippen molar-refractivity contribution in [1.82, 2.24) is 0 Å². The summed E-state index contributed by atoms with van der Waals surface area (Å²) in [6.07, 6.45) is 3.07. The molecule has 0 spiro atoms. The maximum Gasteiger partial charge on any atom is 0.162 e. The van der Waals surface area contributed by atoms with E-state index in [0.717, 1.165) is 0 Å². The molecule has 0 fully saturated rings. The van der Waals surface area contributed by atoms with E-state index in [4.69, 9.17) is 0 Å². The molecule has 0 radical (unpaired) electrons. The lowest BCUT2D eigenvalue weighted by Gasteiger charge is -1.85. The van der Waals surface area contributed by atoms with Crippen molar-refractivity contribution in [3.05, 3.63) is 12.2 Å². The number of rotatable bonds is 3. The van der Waals surface area contributed by atoms with Gasteiger partial charge in [0, 0.05) is 0 Å². The van der Waals surface area contributed by atoms with Crippen LogP contribution in [0.5, 0.6) is 0 Å². The molecule has 0 aromatic heterocycles. The van der Waals surface area contributed by atoms with Gasteiger partial charge in [0.05, 0.1) is 6.42 Å². The lowest BCUT2D eigenvalue weighted by molar-refractivity contribution is -0.123. The van der Waals surface area contributed by atoms with Crippen molar-refractivity contribution in [2.24, 2.45) is 0 Å². The number of allylic oxidation sites excluding steroid dienone is 2. The van der Waals surface area contributed by atoms with E-state index in [1.165, 1.54) is 13.0 Å². The summed E-state index contributed by atoms with van der Waals surface area (Å²) in [7, 11) is 0. The predicted molar refractivity (Wildman–Crippen MR) is 35.1 cm³/mol. The van der Waals surface area contributed by atoms with Crippen molar-refractivity contribution >= 4 is 11.6 Å². The summed E-state index contributed by atoms with van der Waals surface area (Å²) in [4.78, 5) is 20.8. The summed E-state index contributed by atoms with van der Waals surface area (Å²) in [6.45, 7) is 3.15. The van der Waals surface area contributed by atoms with Crippen LogP contribution in [0.25, 0.3) is 0 Å². The zero-order chi connectivity index (χ0) is 7.28. The molecule has 0 aliphatic rings. The molecular weight excluding hydrogens is 116 g/mol. The molecule has 2 heteroatoms. The van der Waals surface area contributed by atoms with Gasteiger partial charge in [0.15, 0.2) is 5.78 Å². The van der Waals surface area contributed by atoms with Crippen molar-refractivity contribution in [2.45, 2.75) is 20.3 Å². The van der Waals surface area contributed by atoms with Crippen LogP contribution in [-0.4, -0.2) is 11.6 Å². The van der Waals surface area contributed by atoms with Crippen molar-refractivity contribution < 1.29 is 9.59 Å². The molecule has 0 saturated heterocycles. The molecule has 2 nitrogen and oxygen atoms in total. The first-order chi connectivity index (χ1) is 4.16. The van der Waals surface area contributed by atoms with Crippen LogP contribution in [0.2, 0.25) is 0 Å². The molecule has 9 heavy (non-hydrogen) atoms. The van der Waals surface area contributed by atoms with Crippen molar-refractivity contribution in [1.29, 1.82) is 0 Å². The number of carbonyl (C=O) groups excluding carboxylic acids is 2. The Balaban J connectivity index is 3.64. The van der Waals surface area contributed by atoms with Crippen molar-refractivity contribution in [3.63, 3.8) is 0 Å². The number of carbonyl (C=O) groups is 2. The molecule has 0 rings (SSSR count). The Labute approximate surface area is 54.6 Å². The molecule has 0 aromatic carbocycles. The zero-order valence-corrected chi connectivity index (χ0v) is 5.68. The largest absolute Gasteiger partial charge is 0.300 e. The monoisotopic (exact) mass is 126 g/mol. The molecule has 0 bridgehead atoms. The fraction of sp³-hybridized carbons (Fsp3) is 0.429. The van der Waals surface area contributed by atoms with Gasteiger partial charge >= 0.3 is 0 Å². The number of hydrogen-bond donors (Lipinski definition) is 0. The molecule has 0 amide bonds. The van der Waals surface area contributed by atoms with Crippen LogP contribution >= 0.6 is 0 Å². The second-order valence-electron chi connectivity index (χ2n) is 1.85. The lowest BCUT2D eigenvalue weighted by atomic mass is 10.2. The van der Waals surface area contributed by atoms with E-state index in [2.05, 4.69) is 0 Å². The first-order valence-electron chi connectivity index (χ1n) is 2.81. The Kier molecular flexibility index (Phi) is 3.60. The standard InChI is InChI=1S/C7H10O2/c1-3-4-7(9)5-6(2)8/h3-4H,5H2,1-2H3/b4-3+. The van der Waals surface area contributed by atoms with Gasteiger partial charge in [-0.1, -0.05) is 6.08 Å². The predicted octanol–water partition coefficient (Wildman–Crippen LogP) is 1.11. The summed E-state index contributed by atoms with van der Waals surface area (Å²) in [6, 6.07) is 0. The van der Waals surface area contributed by atoms with Gasteiger partial charge in [0.2, 0.25) is 0 Å². The lowest BCUT2D eigenvalue weighted by Crippen LogP contribution is -1.99. The molecule has 0 aliphatic carbocycles. The quantitative estimate of drug-likeness (QED) is 0.419. The molecule has 0 aliphatic heterocycles. The average molecular weight is 126 g/mol. The number of Topliss-reactive ketones (excluding diaryl/α,β-unsaturated/α-hetero) is 1. The number of hydrogen-bond acceptors (Lipinski definition) is 2. The smallest absolute Gasteiger partial charge is 0.162 e. The fourth-order valence-corrected chi connectivity index (χ4v) is 0.490. The molecule has 0 saturated carbocycles. The highest BCUT2D eigenvalue weighted by atomic mass is 16.1. The highest BCUT2D eigenvalue weighted by Gasteiger charge is 1.98. The third-order valence-electron chi connectivity index (χ3n) is 0.776. The Morgan fingerprint density at radius 3 is 2.33 bits per heavy atom. The van der Waals surface area contributed by atoms with Crippen molar-refractivity contribution in [2.75, 3.05) is 0 Å². The fourth-order valence-electron chi connectivity index (χ4n) is 0.490. The number of ketones is 2. The van der Waals surface area contributed by atoms with Crippen LogP contribution in [0.1, 0.15) is 20.3 Å². The summed E-state index contributed by atoms with van der Waals surface area (Å²) in [5.41, 5.74) is 0. The minimum atomic E-state index is -0.120.